The number of aromatic nitrogens is 3. The predicted octanol–water partition coefficient (Wildman–Crippen LogP) is 3.02. The molecule has 4 rings (SSSR count). The Kier molecular flexibility index (Phi) is 4.89. The van der Waals surface area contributed by atoms with E-state index in [4.69, 9.17) is 4.74 Å². The van der Waals surface area contributed by atoms with Crippen molar-refractivity contribution in [2.75, 3.05) is 18.5 Å². The molecule has 1 saturated carbocycles. The molecule has 7 nitrogen and oxygen atoms in total. The van der Waals surface area contributed by atoms with Crippen LogP contribution in [0.15, 0.2) is 24.5 Å². The van der Waals surface area contributed by atoms with Crippen LogP contribution in [-0.4, -0.2) is 45.4 Å². The summed E-state index contributed by atoms with van der Waals surface area (Å²) in [5.74, 6) is 0.543. The van der Waals surface area contributed by atoms with Crippen LogP contribution in [0.2, 0.25) is 0 Å². The molecule has 2 aliphatic rings. The molecule has 0 bridgehead atoms. The minimum atomic E-state index is -0.169. The molecular weight excluding hydrogens is 338 g/mol. The highest BCUT2D eigenvalue weighted by Gasteiger charge is 2.28. The van der Waals surface area contributed by atoms with Gasteiger partial charge in [0.2, 0.25) is 5.13 Å². The molecule has 2 aromatic rings. The summed E-state index contributed by atoms with van der Waals surface area (Å²) in [6, 6.07) is 3.68. The highest BCUT2D eigenvalue weighted by molar-refractivity contribution is 7.15. The van der Waals surface area contributed by atoms with Crippen LogP contribution >= 0.6 is 11.3 Å². The molecule has 1 atom stereocenters. The van der Waals surface area contributed by atoms with Gasteiger partial charge in [0.05, 0.1) is 6.10 Å². The summed E-state index contributed by atoms with van der Waals surface area (Å²) < 4.78 is 5.70. The molecule has 3 heterocycles. The quantitative estimate of drug-likeness (QED) is 0.857. The summed E-state index contributed by atoms with van der Waals surface area (Å²) in [5, 5.41) is 12.8. The number of anilines is 1. The maximum Gasteiger partial charge on any atom is 0.324 e. The summed E-state index contributed by atoms with van der Waals surface area (Å²) in [6.45, 7) is 1.83. The van der Waals surface area contributed by atoms with Crippen molar-refractivity contribution in [3.05, 3.63) is 35.1 Å². The number of ether oxygens (including phenoxy) is 1. The van der Waals surface area contributed by atoms with Crippen LogP contribution in [0.1, 0.15) is 42.2 Å². The van der Waals surface area contributed by atoms with Gasteiger partial charge in [0.1, 0.15) is 5.01 Å². The van der Waals surface area contributed by atoms with E-state index in [9.17, 15) is 4.79 Å². The van der Waals surface area contributed by atoms with Gasteiger partial charge in [-0.05, 0) is 37.3 Å². The van der Waals surface area contributed by atoms with Crippen LogP contribution in [-0.2, 0) is 11.3 Å². The molecule has 0 aromatic carbocycles. The fraction of sp³-hybridized carbons (Fsp3) is 0.529. The molecule has 1 aliphatic heterocycles. The summed E-state index contributed by atoms with van der Waals surface area (Å²) in [5.41, 5.74) is 0.992. The van der Waals surface area contributed by atoms with Gasteiger partial charge >= 0.3 is 6.03 Å². The van der Waals surface area contributed by atoms with Crippen molar-refractivity contribution in [2.45, 2.75) is 44.2 Å². The van der Waals surface area contributed by atoms with Gasteiger partial charge in [-0.2, -0.15) is 0 Å². The smallest absolute Gasteiger partial charge is 0.324 e. The third-order valence-corrected chi connectivity index (χ3v) is 5.41. The zero-order valence-corrected chi connectivity index (χ0v) is 14.7. The first-order valence-corrected chi connectivity index (χ1v) is 9.49. The fourth-order valence-electron chi connectivity index (χ4n) is 2.92. The molecule has 0 radical (unpaired) electrons. The number of nitrogens with zero attached hydrogens (tertiary/aromatic N) is 4. The minimum absolute atomic E-state index is 0.0962. The lowest BCUT2D eigenvalue weighted by molar-refractivity contribution is 0.0819. The van der Waals surface area contributed by atoms with Gasteiger partial charge in [0.15, 0.2) is 0 Å². The third kappa shape index (κ3) is 4.32. The molecule has 1 aliphatic carbocycles. The zero-order valence-electron chi connectivity index (χ0n) is 13.9. The van der Waals surface area contributed by atoms with Crippen molar-refractivity contribution in [3.8, 4) is 0 Å². The highest BCUT2D eigenvalue weighted by Crippen LogP contribution is 2.42. The van der Waals surface area contributed by atoms with E-state index in [1.807, 2.05) is 12.1 Å². The van der Waals surface area contributed by atoms with Gasteiger partial charge in [-0.3, -0.25) is 10.3 Å². The van der Waals surface area contributed by atoms with Gasteiger partial charge in [-0.25, -0.2) is 4.79 Å². The van der Waals surface area contributed by atoms with E-state index in [-0.39, 0.29) is 12.1 Å². The van der Waals surface area contributed by atoms with Gasteiger partial charge in [0, 0.05) is 38.0 Å². The number of hydrogen-bond acceptors (Lipinski definition) is 6. The predicted molar refractivity (Wildman–Crippen MR) is 94.5 cm³/mol. The summed E-state index contributed by atoms with van der Waals surface area (Å²) in [7, 11) is 0. The van der Waals surface area contributed by atoms with Crippen molar-refractivity contribution in [1.82, 2.24) is 20.1 Å². The van der Waals surface area contributed by atoms with E-state index in [0.29, 0.717) is 24.1 Å². The second kappa shape index (κ2) is 7.45. The molecule has 0 spiro atoms. The molecule has 1 saturated heterocycles. The van der Waals surface area contributed by atoms with E-state index in [1.165, 1.54) is 24.2 Å². The molecule has 1 unspecified atom stereocenters. The summed E-state index contributed by atoms with van der Waals surface area (Å²) >= 11 is 1.47. The maximum atomic E-state index is 12.8. The average Bonchev–Trinajstić information content (AvgIpc) is 3.15. The van der Waals surface area contributed by atoms with E-state index >= 15 is 0 Å². The lowest BCUT2D eigenvalue weighted by Gasteiger charge is -2.25. The molecule has 25 heavy (non-hydrogen) atoms. The summed E-state index contributed by atoms with van der Waals surface area (Å²) in [4.78, 5) is 18.7. The SMILES string of the molecule is O=C(Nc1nnc(C2CC2)s1)N(Cc1cccnc1)CC1CCCO1. The first-order valence-electron chi connectivity index (χ1n) is 8.68. The number of amides is 2. The number of pyridine rings is 1. The molecule has 132 valence electrons. The number of carbonyl (C=O) groups is 1. The van der Waals surface area contributed by atoms with Crippen molar-refractivity contribution in [3.63, 3.8) is 0 Å². The first kappa shape index (κ1) is 16.4. The second-order valence-electron chi connectivity index (χ2n) is 6.53. The number of urea groups is 1. The largest absolute Gasteiger partial charge is 0.376 e. The Bertz CT molecular complexity index is 713. The fourth-order valence-corrected chi connectivity index (χ4v) is 3.82. The lowest BCUT2D eigenvalue weighted by Crippen LogP contribution is -2.39. The topological polar surface area (TPSA) is 80.2 Å². The van der Waals surface area contributed by atoms with Gasteiger partial charge in [-0.1, -0.05) is 17.4 Å². The van der Waals surface area contributed by atoms with E-state index in [2.05, 4.69) is 20.5 Å². The van der Waals surface area contributed by atoms with Crippen LogP contribution < -0.4 is 5.32 Å². The normalized spacial score (nSPS) is 19.8. The number of carbonyl (C=O) groups excluding carboxylic acids is 1. The molecule has 2 fully saturated rings. The highest BCUT2D eigenvalue weighted by atomic mass is 32.1. The van der Waals surface area contributed by atoms with E-state index in [0.717, 1.165) is 30.0 Å². The van der Waals surface area contributed by atoms with Gasteiger partial charge < -0.3 is 9.64 Å². The minimum Gasteiger partial charge on any atom is -0.376 e. The van der Waals surface area contributed by atoms with Crippen molar-refractivity contribution in [2.24, 2.45) is 0 Å². The Morgan fingerprint density at radius 3 is 3.00 bits per heavy atom. The maximum absolute atomic E-state index is 12.8. The molecule has 8 heteroatoms. The standard InChI is InChI=1S/C17H21N5O2S/c23-17(19-16-21-20-15(25-16)13-5-6-13)22(11-14-4-2-8-24-14)10-12-3-1-7-18-9-12/h1,3,7,9,13-14H,2,4-6,8,10-11H2,(H,19,21,23). The lowest BCUT2D eigenvalue weighted by atomic mass is 10.2. The average molecular weight is 359 g/mol. The number of nitrogens with one attached hydrogen (secondary N) is 1. The van der Waals surface area contributed by atoms with Gasteiger partial charge in [-0.15, -0.1) is 10.2 Å². The van der Waals surface area contributed by atoms with E-state index in [1.54, 1.807) is 17.3 Å². The monoisotopic (exact) mass is 359 g/mol. The van der Waals surface area contributed by atoms with Crippen LogP contribution in [0.3, 0.4) is 0 Å². The Hall–Kier alpha value is -2.06. The first-order chi connectivity index (χ1) is 12.3. The van der Waals surface area contributed by atoms with Gasteiger partial charge in [0.25, 0.3) is 0 Å². The summed E-state index contributed by atoms with van der Waals surface area (Å²) in [6.07, 6.45) is 8.00. The number of rotatable bonds is 6. The van der Waals surface area contributed by atoms with Crippen molar-refractivity contribution < 1.29 is 9.53 Å². The molecular formula is C17H21N5O2S. The van der Waals surface area contributed by atoms with Crippen LogP contribution in [0.4, 0.5) is 9.93 Å². The van der Waals surface area contributed by atoms with Crippen molar-refractivity contribution >= 4 is 22.5 Å². The molecule has 2 aromatic heterocycles. The zero-order chi connectivity index (χ0) is 17.1. The number of hydrogen-bond donors (Lipinski definition) is 1. The second-order valence-corrected chi connectivity index (χ2v) is 7.54. The third-order valence-electron chi connectivity index (χ3n) is 4.41. The molecule has 2 amide bonds. The van der Waals surface area contributed by atoms with Crippen LogP contribution in [0.25, 0.3) is 0 Å². The molecule has 1 N–H and O–H groups in total. The van der Waals surface area contributed by atoms with Crippen LogP contribution in [0, 0.1) is 0 Å². The van der Waals surface area contributed by atoms with Crippen molar-refractivity contribution in [1.29, 1.82) is 0 Å². The Morgan fingerprint density at radius 1 is 1.36 bits per heavy atom. The van der Waals surface area contributed by atoms with E-state index < -0.39 is 0 Å². The Labute approximate surface area is 150 Å². The Balaban J connectivity index is 1.43. The van der Waals surface area contributed by atoms with Crippen LogP contribution in [0.5, 0.6) is 0 Å². The Morgan fingerprint density at radius 2 is 2.28 bits per heavy atom.